The Labute approximate surface area is 162 Å². The van der Waals surface area contributed by atoms with Crippen molar-refractivity contribution in [3.8, 4) is 16.5 Å². The smallest absolute Gasteiger partial charge is 0.217 e. The average Bonchev–Trinajstić information content (AvgIpc) is 3.38. The molecule has 1 saturated heterocycles. The molecule has 0 spiro atoms. The molecule has 3 aromatic rings. The summed E-state index contributed by atoms with van der Waals surface area (Å²) >= 11 is 7.13. The standard InChI is InChI=1S/C19H22N4OS2/c1-2-24-15-9-7-14(8-10-15)16-5-3-11-22(16)13-23-19(25)20-18(21-23)17-6-4-12-26-17/h4,6-10,12,16H,2-3,5,11,13H2,1H3,(H,20,21,25)/t16-/m1/s1. The molecule has 0 amide bonds. The molecule has 0 saturated carbocycles. The number of rotatable bonds is 6. The van der Waals surface area contributed by atoms with Crippen molar-refractivity contribution >= 4 is 23.6 Å². The highest BCUT2D eigenvalue weighted by Gasteiger charge is 2.26. The number of ether oxygens (including phenoxy) is 1. The molecule has 0 aliphatic carbocycles. The second-order valence-electron chi connectivity index (χ2n) is 6.37. The van der Waals surface area contributed by atoms with Gasteiger partial charge in [-0.3, -0.25) is 10.00 Å². The first-order valence-electron chi connectivity index (χ1n) is 8.92. The van der Waals surface area contributed by atoms with Crippen LogP contribution in [-0.2, 0) is 6.67 Å². The molecule has 7 heteroatoms. The van der Waals surface area contributed by atoms with E-state index in [1.807, 2.05) is 23.1 Å². The lowest BCUT2D eigenvalue weighted by Gasteiger charge is -2.25. The maximum Gasteiger partial charge on any atom is 0.217 e. The van der Waals surface area contributed by atoms with Crippen LogP contribution in [0.1, 0.15) is 31.4 Å². The number of nitrogens with zero attached hydrogens (tertiary/aromatic N) is 3. The van der Waals surface area contributed by atoms with Crippen molar-refractivity contribution in [2.45, 2.75) is 32.5 Å². The summed E-state index contributed by atoms with van der Waals surface area (Å²) in [5.41, 5.74) is 1.33. The van der Waals surface area contributed by atoms with E-state index in [9.17, 15) is 0 Å². The lowest BCUT2D eigenvalue weighted by atomic mass is 10.0. The van der Waals surface area contributed by atoms with Gasteiger partial charge in [0.05, 0.1) is 18.2 Å². The number of likely N-dealkylation sites (tertiary alicyclic amines) is 1. The van der Waals surface area contributed by atoms with Gasteiger partial charge in [-0.2, -0.15) is 4.98 Å². The molecule has 0 bridgehead atoms. The summed E-state index contributed by atoms with van der Waals surface area (Å²) in [5.74, 6) is 1.78. The first-order chi connectivity index (χ1) is 12.7. The largest absolute Gasteiger partial charge is 0.494 e. The van der Waals surface area contributed by atoms with E-state index in [-0.39, 0.29) is 0 Å². The van der Waals surface area contributed by atoms with Gasteiger partial charge in [0.2, 0.25) is 4.77 Å². The van der Waals surface area contributed by atoms with Crippen molar-refractivity contribution in [3.05, 3.63) is 52.1 Å². The van der Waals surface area contributed by atoms with Crippen molar-refractivity contribution in [1.29, 1.82) is 0 Å². The quantitative estimate of drug-likeness (QED) is 0.615. The third-order valence-corrected chi connectivity index (χ3v) is 5.88. The van der Waals surface area contributed by atoms with Gasteiger partial charge in [-0.05, 0) is 61.1 Å². The van der Waals surface area contributed by atoms with Crippen LogP contribution in [0.2, 0.25) is 0 Å². The van der Waals surface area contributed by atoms with Crippen LogP contribution in [-0.4, -0.2) is 32.8 Å². The highest BCUT2D eigenvalue weighted by Crippen LogP contribution is 2.33. The van der Waals surface area contributed by atoms with Gasteiger partial charge < -0.3 is 4.74 Å². The van der Waals surface area contributed by atoms with E-state index in [1.54, 1.807) is 11.3 Å². The Morgan fingerprint density at radius 2 is 2.15 bits per heavy atom. The van der Waals surface area contributed by atoms with Crippen molar-refractivity contribution in [1.82, 2.24) is 19.7 Å². The average molecular weight is 387 g/mol. The number of hydrogen-bond donors (Lipinski definition) is 1. The molecule has 136 valence electrons. The van der Waals surface area contributed by atoms with Gasteiger partial charge in [0.1, 0.15) is 5.75 Å². The number of thiophene rings is 1. The molecule has 1 N–H and O–H groups in total. The number of H-pyrrole nitrogens is 1. The molecule has 0 unspecified atom stereocenters. The third-order valence-electron chi connectivity index (χ3n) is 4.70. The first-order valence-corrected chi connectivity index (χ1v) is 10.2. The lowest BCUT2D eigenvalue weighted by Crippen LogP contribution is -2.26. The Morgan fingerprint density at radius 1 is 1.31 bits per heavy atom. The normalized spacial score (nSPS) is 17.7. The van der Waals surface area contributed by atoms with Crippen molar-refractivity contribution < 1.29 is 4.74 Å². The van der Waals surface area contributed by atoms with Gasteiger partial charge in [0.25, 0.3) is 0 Å². The fourth-order valence-corrected chi connectivity index (χ4v) is 4.34. The van der Waals surface area contributed by atoms with Crippen LogP contribution in [0.25, 0.3) is 10.7 Å². The van der Waals surface area contributed by atoms with Gasteiger partial charge in [0.15, 0.2) is 5.82 Å². The van der Waals surface area contributed by atoms with Crippen molar-refractivity contribution in [2.24, 2.45) is 0 Å². The van der Waals surface area contributed by atoms with E-state index in [2.05, 4.69) is 45.3 Å². The van der Waals surface area contributed by atoms with E-state index in [4.69, 9.17) is 17.0 Å². The highest BCUT2D eigenvalue weighted by atomic mass is 32.1. The van der Waals surface area contributed by atoms with Crippen molar-refractivity contribution in [2.75, 3.05) is 13.2 Å². The molecule has 2 aromatic heterocycles. The molecule has 1 fully saturated rings. The van der Waals surface area contributed by atoms with Gasteiger partial charge >= 0.3 is 0 Å². The summed E-state index contributed by atoms with van der Waals surface area (Å²) in [5, 5.41) is 5.41. The van der Waals surface area contributed by atoms with Crippen LogP contribution in [0.5, 0.6) is 5.75 Å². The minimum atomic E-state index is 0.404. The van der Waals surface area contributed by atoms with Crippen LogP contribution in [0.4, 0.5) is 0 Å². The van der Waals surface area contributed by atoms with Crippen LogP contribution >= 0.6 is 23.6 Å². The summed E-state index contributed by atoms with van der Waals surface area (Å²) in [6.07, 6.45) is 2.35. The van der Waals surface area contributed by atoms with E-state index in [1.165, 1.54) is 12.0 Å². The maximum absolute atomic E-state index is 5.56. The van der Waals surface area contributed by atoms with E-state index in [0.29, 0.717) is 17.4 Å². The molecule has 5 nitrogen and oxygen atoms in total. The minimum Gasteiger partial charge on any atom is -0.494 e. The maximum atomic E-state index is 5.56. The SMILES string of the molecule is CCOc1ccc([C@H]2CCCN2Cn2[nH]c(-c3cccs3)nc2=S)cc1. The summed E-state index contributed by atoms with van der Waals surface area (Å²) in [6, 6.07) is 13.0. The van der Waals surface area contributed by atoms with E-state index in [0.717, 1.165) is 36.1 Å². The highest BCUT2D eigenvalue weighted by molar-refractivity contribution is 7.71. The zero-order valence-corrected chi connectivity index (χ0v) is 16.4. The molecule has 26 heavy (non-hydrogen) atoms. The zero-order chi connectivity index (χ0) is 17.9. The molecule has 1 atom stereocenters. The summed E-state index contributed by atoms with van der Waals surface area (Å²) in [7, 11) is 0. The van der Waals surface area contributed by atoms with Crippen LogP contribution in [0.15, 0.2) is 41.8 Å². The summed E-state index contributed by atoms with van der Waals surface area (Å²) in [6.45, 7) is 4.49. The summed E-state index contributed by atoms with van der Waals surface area (Å²) < 4.78 is 8.13. The fraction of sp³-hybridized carbons (Fsp3) is 0.368. The minimum absolute atomic E-state index is 0.404. The predicted molar refractivity (Wildman–Crippen MR) is 107 cm³/mol. The summed E-state index contributed by atoms with van der Waals surface area (Å²) in [4.78, 5) is 8.09. The number of hydrogen-bond acceptors (Lipinski definition) is 5. The zero-order valence-electron chi connectivity index (χ0n) is 14.7. The van der Waals surface area contributed by atoms with E-state index >= 15 is 0 Å². The van der Waals surface area contributed by atoms with E-state index < -0.39 is 0 Å². The second-order valence-corrected chi connectivity index (χ2v) is 7.69. The molecular weight excluding hydrogens is 364 g/mol. The van der Waals surface area contributed by atoms with Gasteiger partial charge in [-0.15, -0.1) is 11.3 Å². The third kappa shape index (κ3) is 3.60. The monoisotopic (exact) mass is 386 g/mol. The molecule has 1 aliphatic heterocycles. The number of aromatic nitrogens is 3. The Bertz CT molecular complexity index is 899. The predicted octanol–water partition coefficient (Wildman–Crippen LogP) is 4.86. The van der Waals surface area contributed by atoms with Crippen molar-refractivity contribution in [3.63, 3.8) is 0 Å². The van der Waals surface area contributed by atoms with Crippen LogP contribution < -0.4 is 4.74 Å². The Morgan fingerprint density at radius 3 is 2.88 bits per heavy atom. The lowest BCUT2D eigenvalue weighted by molar-refractivity contribution is 0.190. The molecule has 1 aliphatic rings. The van der Waals surface area contributed by atoms with Gasteiger partial charge in [-0.25, -0.2) is 4.68 Å². The Hall–Kier alpha value is -1.96. The van der Waals surface area contributed by atoms with Gasteiger partial charge in [-0.1, -0.05) is 18.2 Å². The molecule has 1 aromatic carbocycles. The number of benzene rings is 1. The molecule has 4 rings (SSSR count). The second kappa shape index (κ2) is 7.73. The number of nitrogens with one attached hydrogen (secondary N) is 1. The number of aromatic amines is 1. The Balaban J connectivity index is 1.51. The molecular formula is C19H22N4OS2. The van der Waals surface area contributed by atoms with Crippen LogP contribution in [0.3, 0.4) is 0 Å². The van der Waals surface area contributed by atoms with Gasteiger partial charge in [0, 0.05) is 12.6 Å². The topological polar surface area (TPSA) is 46.1 Å². The van der Waals surface area contributed by atoms with Crippen LogP contribution in [0, 0.1) is 4.77 Å². The Kier molecular flexibility index (Phi) is 5.19. The molecule has 3 heterocycles. The first kappa shape index (κ1) is 17.5. The molecule has 0 radical (unpaired) electrons. The fourth-order valence-electron chi connectivity index (χ4n) is 3.48.